The van der Waals surface area contributed by atoms with Crippen molar-refractivity contribution in [3.05, 3.63) is 151 Å². The second kappa shape index (κ2) is 9.71. The van der Waals surface area contributed by atoms with Crippen LogP contribution >= 0.6 is 11.3 Å². The van der Waals surface area contributed by atoms with Crippen molar-refractivity contribution in [2.45, 2.75) is 19.3 Å². The fourth-order valence-corrected chi connectivity index (χ4v) is 8.85. The maximum atomic E-state index is 5.37. The van der Waals surface area contributed by atoms with Crippen LogP contribution in [0.5, 0.6) is 0 Å². The lowest BCUT2D eigenvalue weighted by Crippen LogP contribution is -2.17. The first-order valence-corrected chi connectivity index (χ1v) is 16.9. The molecule has 3 nitrogen and oxygen atoms in total. The molecule has 3 heterocycles. The molecule has 0 amide bonds. The summed E-state index contributed by atoms with van der Waals surface area (Å²) >= 11 is 1.87. The van der Waals surface area contributed by atoms with Crippen LogP contribution in [0, 0.1) is 0 Å². The lowest BCUT2D eigenvalue weighted by molar-refractivity contribution is 0.636. The van der Waals surface area contributed by atoms with Gasteiger partial charge in [0, 0.05) is 58.7 Å². The molecule has 0 aliphatic heterocycles. The summed E-state index contributed by atoms with van der Waals surface area (Å²) in [6.07, 6.45) is 0. The van der Waals surface area contributed by atoms with Crippen LogP contribution in [0.25, 0.3) is 81.4 Å². The van der Waals surface area contributed by atoms with Crippen LogP contribution in [0.15, 0.2) is 140 Å². The van der Waals surface area contributed by atoms with Crippen molar-refractivity contribution in [1.82, 2.24) is 14.5 Å². The highest BCUT2D eigenvalue weighted by atomic mass is 32.1. The Labute approximate surface area is 276 Å². The van der Waals surface area contributed by atoms with Gasteiger partial charge in [-0.3, -0.25) is 0 Å². The quantitative estimate of drug-likeness (QED) is 0.197. The zero-order valence-electron chi connectivity index (χ0n) is 26.0. The summed E-state index contributed by atoms with van der Waals surface area (Å²) in [6, 6.07) is 50.2. The lowest BCUT2D eigenvalue weighted by atomic mass is 9.85. The first-order chi connectivity index (χ1) is 23.1. The van der Waals surface area contributed by atoms with E-state index >= 15 is 0 Å². The van der Waals surface area contributed by atoms with E-state index in [2.05, 4.69) is 158 Å². The molecule has 0 bridgehead atoms. The standard InChI is InChI=1S/C43H29N3S/c1-43(2)34-20-9-6-19-31(34)39-40(26-13-4-3-5-14-26)44-42(45-41(39)43)27-15-12-16-28(23-27)46-35-21-10-7-17-29(35)32-25-38-33(24-36(32)46)30-18-8-11-22-37(30)47-38/h3-25H,1-2H3. The van der Waals surface area contributed by atoms with E-state index in [9.17, 15) is 0 Å². The molecule has 6 aromatic carbocycles. The fourth-order valence-electron chi connectivity index (χ4n) is 7.72. The summed E-state index contributed by atoms with van der Waals surface area (Å²) in [5.74, 6) is 0.748. The number of fused-ring (bicyclic) bond motifs is 9. The Morgan fingerprint density at radius 2 is 1.30 bits per heavy atom. The van der Waals surface area contributed by atoms with E-state index in [0.717, 1.165) is 39.6 Å². The van der Waals surface area contributed by atoms with Gasteiger partial charge in [-0.25, -0.2) is 9.97 Å². The molecule has 0 N–H and O–H groups in total. The van der Waals surface area contributed by atoms with Crippen molar-refractivity contribution in [3.63, 3.8) is 0 Å². The average molecular weight is 620 g/mol. The molecule has 0 fully saturated rings. The van der Waals surface area contributed by atoms with Gasteiger partial charge in [0.2, 0.25) is 0 Å². The van der Waals surface area contributed by atoms with Gasteiger partial charge in [-0.05, 0) is 47.5 Å². The van der Waals surface area contributed by atoms with Gasteiger partial charge in [-0.2, -0.15) is 0 Å². The van der Waals surface area contributed by atoms with Gasteiger partial charge in [0.15, 0.2) is 5.82 Å². The Kier molecular flexibility index (Phi) is 5.50. The molecule has 1 aliphatic carbocycles. The van der Waals surface area contributed by atoms with E-state index in [0.29, 0.717) is 0 Å². The van der Waals surface area contributed by atoms with E-state index in [4.69, 9.17) is 9.97 Å². The molecule has 0 unspecified atom stereocenters. The van der Waals surface area contributed by atoms with Crippen molar-refractivity contribution in [1.29, 1.82) is 0 Å². The number of benzene rings is 6. The molecule has 0 saturated carbocycles. The van der Waals surface area contributed by atoms with Gasteiger partial charge < -0.3 is 4.57 Å². The summed E-state index contributed by atoms with van der Waals surface area (Å²) in [5.41, 5.74) is 11.1. The largest absolute Gasteiger partial charge is 0.309 e. The highest BCUT2D eigenvalue weighted by Gasteiger charge is 2.39. The summed E-state index contributed by atoms with van der Waals surface area (Å²) in [4.78, 5) is 10.7. The highest BCUT2D eigenvalue weighted by molar-refractivity contribution is 7.25. The maximum Gasteiger partial charge on any atom is 0.160 e. The van der Waals surface area contributed by atoms with E-state index in [1.165, 1.54) is 53.1 Å². The van der Waals surface area contributed by atoms with Crippen molar-refractivity contribution in [2.75, 3.05) is 0 Å². The lowest BCUT2D eigenvalue weighted by Gasteiger charge is -2.21. The Morgan fingerprint density at radius 1 is 0.553 bits per heavy atom. The van der Waals surface area contributed by atoms with Crippen LogP contribution in [-0.4, -0.2) is 14.5 Å². The molecule has 3 aromatic heterocycles. The molecule has 9 aromatic rings. The predicted octanol–water partition coefficient (Wildman–Crippen LogP) is 11.6. The van der Waals surface area contributed by atoms with Gasteiger partial charge in [-0.15, -0.1) is 11.3 Å². The van der Waals surface area contributed by atoms with Gasteiger partial charge in [0.1, 0.15) is 0 Å². The summed E-state index contributed by atoms with van der Waals surface area (Å²) in [5, 5.41) is 5.13. The van der Waals surface area contributed by atoms with Crippen LogP contribution in [-0.2, 0) is 5.41 Å². The first kappa shape index (κ1) is 26.6. The molecule has 222 valence electrons. The van der Waals surface area contributed by atoms with Gasteiger partial charge in [0.05, 0.1) is 22.4 Å². The Hall–Kier alpha value is -5.58. The minimum atomic E-state index is -0.244. The molecule has 1 aliphatic rings. The highest BCUT2D eigenvalue weighted by Crippen LogP contribution is 2.51. The summed E-state index contributed by atoms with van der Waals surface area (Å²) in [6.45, 7) is 4.57. The zero-order chi connectivity index (χ0) is 31.3. The Balaban J connectivity index is 1.22. The smallest absolute Gasteiger partial charge is 0.160 e. The third-order valence-electron chi connectivity index (χ3n) is 9.95. The Bertz CT molecular complexity index is 2710. The summed E-state index contributed by atoms with van der Waals surface area (Å²) in [7, 11) is 0. The molecule has 0 saturated heterocycles. The van der Waals surface area contributed by atoms with Crippen LogP contribution in [0.2, 0.25) is 0 Å². The fraction of sp³-hybridized carbons (Fsp3) is 0.0698. The van der Waals surface area contributed by atoms with Gasteiger partial charge in [0.25, 0.3) is 0 Å². The van der Waals surface area contributed by atoms with Crippen molar-refractivity contribution in [3.8, 4) is 39.5 Å². The van der Waals surface area contributed by atoms with E-state index in [1.807, 2.05) is 11.3 Å². The third kappa shape index (κ3) is 3.79. The first-order valence-electron chi connectivity index (χ1n) is 16.1. The molecule has 47 heavy (non-hydrogen) atoms. The van der Waals surface area contributed by atoms with Crippen molar-refractivity contribution in [2.24, 2.45) is 0 Å². The maximum absolute atomic E-state index is 5.37. The zero-order valence-corrected chi connectivity index (χ0v) is 26.8. The molecule has 0 radical (unpaired) electrons. The molecular formula is C43H29N3S. The number of nitrogens with zero attached hydrogens (tertiary/aromatic N) is 3. The number of thiophene rings is 1. The second-order valence-electron chi connectivity index (χ2n) is 13.0. The van der Waals surface area contributed by atoms with E-state index < -0.39 is 0 Å². The SMILES string of the molecule is CC1(C)c2ccccc2-c2c(-c3ccccc3)nc(-c3cccc(-n4c5ccccc5c5cc6sc7ccccc7c6cc54)c3)nc21. The van der Waals surface area contributed by atoms with E-state index in [-0.39, 0.29) is 5.41 Å². The monoisotopic (exact) mass is 619 g/mol. The minimum Gasteiger partial charge on any atom is -0.309 e. The molecular weight excluding hydrogens is 591 g/mol. The topological polar surface area (TPSA) is 30.7 Å². The van der Waals surface area contributed by atoms with Crippen LogP contribution in [0.4, 0.5) is 0 Å². The van der Waals surface area contributed by atoms with E-state index in [1.54, 1.807) is 0 Å². The molecule has 0 atom stereocenters. The summed E-state index contributed by atoms with van der Waals surface area (Å²) < 4.78 is 5.05. The normalized spacial score (nSPS) is 13.5. The minimum absolute atomic E-state index is 0.244. The van der Waals surface area contributed by atoms with Crippen molar-refractivity contribution >= 4 is 53.3 Å². The van der Waals surface area contributed by atoms with Gasteiger partial charge in [-0.1, -0.05) is 117 Å². The molecule has 4 heteroatoms. The number of aromatic nitrogens is 3. The Morgan fingerprint density at radius 3 is 2.19 bits per heavy atom. The molecule has 10 rings (SSSR count). The van der Waals surface area contributed by atoms with Crippen LogP contribution in [0.1, 0.15) is 25.1 Å². The van der Waals surface area contributed by atoms with Crippen LogP contribution < -0.4 is 0 Å². The molecule has 0 spiro atoms. The predicted molar refractivity (Wildman–Crippen MR) is 198 cm³/mol. The van der Waals surface area contributed by atoms with Crippen LogP contribution in [0.3, 0.4) is 0 Å². The average Bonchev–Trinajstić information content (AvgIpc) is 3.72. The number of hydrogen-bond acceptors (Lipinski definition) is 3. The third-order valence-corrected chi connectivity index (χ3v) is 11.1. The number of para-hydroxylation sites is 1. The number of hydrogen-bond donors (Lipinski definition) is 0. The number of rotatable bonds is 3. The van der Waals surface area contributed by atoms with Crippen molar-refractivity contribution < 1.29 is 0 Å². The van der Waals surface area contributed by atoms with Gasteiger partial charge >= 0.3 is 0 Å². The second-order valence-corrected chi connectivity index (χ2v) is 14.1.